The highest BCUT2D eigenvalue weighted by Gasteiger charge is 2.36. The van der Waals surface area contributed by atoms with E-state index in [1.165, 1.54) is 19.1 Å². The highest BCUT2D eigenvalue weighted by atomic mass is 35.5. The largest absolute Gasteiger partial charge is 0.491 e. The van der Waals surface area contributed by atoms with E-state index in [4.69, 9.17) is 33.7 Å². The lowest BCUT2D eigenvalue weighted by Crippen LogP contribution is -2.31. The highest BCUT2D eigenvalue weighted by Crippen LogP contribution is 2.42. The average molecular weight is 636 g/mol. The van der Waals surface area contributed by atoms with Crippen molar-refractivity contribution in [3.05, 3.63) is 64.1 Å². The number of sulfonamides is 1. The Kier molecular flexibility index (Phi) is 9.30. The van der Waals surface area contributed by atoms with Crippen molar-refractivity contribution in [2.75, 3.05) is 25.4 Å². The van der Waals surface area contributed by atoms with E-state index in [-0.39, 0.29) is 40.3 Å². The SMILES string of the molecule is CCOc1c(S(=O)(=O)c2cc(Cl)c(N)cc2Cl)cc(S(=O)(=O)c2ccc(C)cc2)cc1S(=O)(=O)N(CC)CC. The van der Waals surface area contributed by atoms with Crippen molar-refractivity contribution in [1.29, 1.82) is 0 Å². The monoisotopic (exact) mass is 634 g/mol. The smallest absolute Gasteiger partial charge is 0.246 e. The van der Waals surface area contributed by atoms with Gasteiger partial charge < -0.3 is 10.5 Å². The summed E-state index contributed by atoms with van der Waals surface area (Å²) in [5.74, 6) is -0.531. The molecule has 3 rings (SSSR count). The minimum atomic E-state index is -4.70. The summed E-state index contributed by atoms with van der Waals surface area (Å²) in [7, 11) is -13.5. The fraction of sp³-hybridized carbons (Fsp3) is 0.280. The van der Waals surface area contributed by atoms with E-state index < -0.39 is 55.0 Å². The first-order chi connectivity index (χ1) is 18.1. The number of hydrogen-bond donors (Lipinski definition) is 1. The Hall–Kier alpha value is -2.35. The predicted octanol–water partition coefficient (Wildman–Crippen LogP) is 4.98. The summed E-state index contributed by atoms with van der Waals surface area (Å²) in [5, 5.41) is -0.408. The van der Waals surface area contributed by atoms with Crippen LogP contribution in [-0.2, 0) is 29.7 Å². The number of sulfone groups is 2. The molecule has 0 spiro atoms. The Labute approximate surface area is 239 Å². The molecule has 0 amide bonds. The number of anilines is 1. The van der Waals surface area contributed by atoms with E-state index >= 15 is 0 Å². The summed E-state index contributed by atoms with van der Waals surface area (Å²) >= 11 is 12.3. The third-order valence-electron chi connectivity index (χ3n) is 5.88. The highest BCUT2D eigenvalue weighted by molar-refractivity contribution is 7.93. The summed E-state index contributed by atoms with van der Waals surface area (Å²) in [5.41, 5.74) is 6.56. The van der Waals surface area contributed by atoms with E-state index in [0.29, 0.717) is 0 Å². The number of nitrogen functional groups attached to an aromatic ring is 1. The van der Waals surface area contributed by atoms with Gasteiger partial charge in [0.25, 0.3) is 0 Å². The predicted molar refractivity (Wildman–Crippen MR) is 151 cm³/mol. The van der Waals surface area contributed by atoms with Crippen LogP contribution in [0.15, 0.2) is 73.0 Å². The molecule has 0 fully saturated rings. The van der Waals surface area contributed by atoms with Gasteiger partial charge in [-0.1, -0.05) is 54.7 Å². The molecule has 0 atom stereocenters. The second kappa shape index (κ2) is 11.6. The van der Waals surface area contributed by atoms with Gasteiger partial charge in [0.1, 0.15) is 9.79 Å². The Balaban J connectivity index is 2.52. The van der Waals surface area contributed by atoms with Crippen molar-refractivity contribution in [2.45, 2.75) is 52.2 Å². The minimum Gasteiger partial charge on any atom is -0.491 e. The molecule has 14 heteroatoms. The summed E-state index contributed by atoms with van der Waals surface area (Å²) in [4.78, 5) is -2.53. The van der Waals surface area contributed by atoms with Crippen molar-refractivity contribution < 1.29 is 30.0 Å². The van der Waals surface area contributed by atoms with Crippen molar-refractivity contribution in [3.63, 3.8) is 0 Å². The third kappa shape index (κ3) is 5.91. The topological polar surface area (TPSA) is 141 Å². The van der Waals surface area contributed by atoms with Gasteiger partial charge in [0.05, 0.1) is 37.0 Å². The molecule has 0 heterocycles. The number of benzene rings is 3. The second-order valence-electron chi connectivity index (χ2n) is 8.40. The van der Waals surface area contributed by atoms with Crippen LogP contribution in [0.2, 0.25) is 10.0 Å². The van der Waals surface area contributed by atoms with Crippen LogP contribution in [0.1, 0.15) is 26.3 Å². The molecule has 3 aromatic rings. The molecule has 0 unspecified atom stereocenters. The number of halogens is 2. The third-order valence-corrected chi connectivity index (χ3v) is 12.2. The number of nitrogens with zero attached hydrogens (tertiary/aromatic N) is 1. The fourth-order valence-corrected chi connectivity index (χ4v) is 9.20. The molecule has 0 aliphatic rings. The summed E-state index contributed by atoms with van der Waals surface area (Å²) in [6.07, 6.45) is 0. The molecule has 9 nitrogen and oxygen atoms in total. The summed E-state index contributed by atoms with van der Waals surface area (Å²) < 4.78 is 89.5. The molecule has 0 aromatic heterocycles. The Bertz CT molecular complexity index is 1720. The number of ether oxygens (including phenoxy) is 1. The van der Waals surface area contributed by atoms with Gasteiger partial charge in [0.2, 0.25) is 29.7 Å². The Morgan fingerprint density at radius 2 is 1.31 bits per heavy atom. The lowest BCUT2D eigenvalue weighted by molar-refractivity contribution is 0.319. The first-order valence-electron chi connectivity index (χ1n) is 11.7. The number of hydrogen-bond acceptors (Lipinski definition) is 8. The maximum Gasteiger partial charge on any atom is 0.246 e. The molecular formula is C25H28Cl2N2O7S3. The van der Waals surface area contributed by atoms with Gasteiger partial charge in [0, 0.05) is 13.1 Å². The lowest BCUT2D eigenvalue weighted by Gasteiger charge is -2.23. The maximum absolute atomic E-state index is 14.0. The van der Waals surface area contributed by atoms with Crippen LogP contribution in [0, 0.1) is 6.92 Å². The van der Waals surface area contributed by atoms with Crippen molar-refractivity contribution in [3.8, 4) is 5.75 Å². The summed E-state index contributed by atoms with van der Waals surface area (Å²) in [6.45, 7) is 6.47. The summed E-state index contributed by atoms with van der Waals surface area (Å²) in [6, 6.07) is 9.80. The average Bonchev–Trinajstić information content (AvgIpc) is 2.86. The molecule has 0 saturated heterocycles. The van der Waals surface area contributed by atoms with Crippen molar-refractivity contribution in [2.24, 2.45) is 0 Å². The van der Waals surface area contributed by atoms with Crippen LogP contribution >= 0.6 is 23.2 Å². The lowest BCUT2D eigenvalue weighted by atomic mass is 10.2. The van der Waals surface area contributed by atoms with Crippen LogP contribution in [0.25, 0.3) is 0 Å². The maximum atomic E-state index is 14.0. The zero-order valence-electron chi connectivity index (χ0n) is 21.6. The minimum absolute atomic E-state index is 0.0196. The van der Waals surface area contributed by atoms with Crippen LogP contribution in [-0.4, -0.2) is 49.3 Å². The van der Waals surface area contributed by atoms with Gasteiger partial charge in [-0.15, -0.1) is 0 Å². The van der Waals surface area contributed by atoms with E-state index in [9.17, 15) is 25.3 Å². The first-order valence-corrected chi connectivity index (χ1v) is 16.9. The molecule has 0 saturated carbocycles. The number of nitrogens with two attached hydrogens (primary N) is 1. The quantitative estimate of drug-likeness (QED) is 0.308. The molecular weight excluding hydrogens is 607 g/mol. The van der Waals surface area contributed by atoms with Crippen LogP contribution in [0.5, 0.6) is 5.75 Å². The standard InChI is InChI=1S/C25H28Cl2N2O7S3/c1-5-29(6-2)39(34,35)24-13-18(37(30,31)17-10-8-16(4)9-11-17)12-23(25(24)36-7-3)38(32,33)22-15-19(26)21(28)14-20(22)27/h8-15H,5-7,28H2,1-4H3. The van der Waals surface area contributed by atoms with Crippen molar-refractivity contribution in [1.82, 2.24) is 4.31 Å². The Morgan fingerprint density at radius 3 is 1.85 bits per heavy atom. The van der Waals surface area contributed by atoms with Gasteiger partial charge in [-0.2, -0.15) is 4.31 Å². The molecule has 2 N–H and O–H groups in total. The van der Waals surface area contributed by atoms with Crippen molar-refractivity contribution >= 4 is 58.6 Å². The van der Waals surface area contributed by atoms with Gasteiger partial charge in [-0.25, -0.2) is 25.3 Å². The zero-order chi connectivity index (χ0) is 29.3. The molecule has 212 valence electrons. The number of aryl methyl sites for hydroxylation is 1. The van der Waals surface area contributed by atoms with Crippen LogP contribution in [0.3, 0.4) is 0 Å². The number of rotatable bonds is 10. The molecule has 39 heavy (non-hydrogen) atoms. The normalized spacial score (nSPS) is 12.6. The zero-order valence-corrected chi connectivity index (χ0v) is 25.6. The van der Waals surface area contributed by atoms with E-state index in [0.717, 1.165) is 34.1 Å². The van der Waals surface area contributed by atoms with Gasteiger partial charge in [-0.3, -0.25) is 0 Å². The molecule has 0 aliphatic carbocycles. The van der Waals surface area contributed by atoms with E-state index in [1.54, 1.807) is 32.9 Å². The molecule has 0 radical (unpaired) electrons. The Morgan fingerprint density at radius 1 is 0.744 bits per heavy atom. The van der Waals surface area contributed by atoms with Gasteiger partial charge in [-0.05, 0) is 50.2 Å². The molecule has 3 aromatic carbocycles. The molecule has 0 bridgehead atoms. The van der Waals surface area contributed by atoms with E-state index in [1.807, 2.05) is 0 Å². The van der Waals surface area contributed by atoms with Crippen LogP contribution < -0.4 is 10.5 Å². The van der Waals surface area contributed by atoms with Crippen LogP contribution in [0.4, 0.5) is 5.69 Å². The van der Waals surface area contributed by atoms with Gasteiger partial charge in [0.15, 0.2) is 5.75 Å². The van der Waals surface area contributed by atoms with Gasteiger partial charge >= 0.3 is 0 Å². The second-order valence-corrected chi connectivity index (χ2v) is 15.0. The fourth-order valence-electron chi connectivity index (χ4n) is 3.81. The molecule has 0 aliphatic heterocycles. The van der Waals surface area contributed by atoms with E-state index in [2.05, 4.69) is 0 Å². The first kappa shape index (κ1) is 31.2.